The zero-order valence-electron chi connectivity index (χ0n) is 22.1. The average molecular weight is 493 g/mol. The Morgan fingerprint density at radius 1 is 0.972 bits per heavy atom. The number of likely N-dealkylation sites (tertiary alicyclic amines) is 1. The van der Waals surface area contributed by atoms with Crippen molar-refractivity contribution >= 4 is 11.4 Å². The van der Waals surface area contributed by atoms with Crippen LogP contribution in [0.3, 0.4) is 0 Å². The van der Waals surface area contributed by atoms with Crippen molar-refractivity contribution in [1.82, 2.24) is 25.3 Å². The molecule has 3 atom stereocenters. The first-order valence-corrected chi connectivity index (χ1v) is 13.8. The Hall–Kier alpha value is -2.51. The van der Waals surface area contributed by atoms with Crippen LogP contribution in [0.2, 0.25) is 0 Å². The number of piperazine rings is 1. The van der Waals surface area contributed by atoms with Crippen molar-refractivity contribution in [2.24, 2.45) is 11.8 Å². The summed E-state index contributed by atoms with van der Waals surface area (Å²) in [6.45, 7) is 11.5. The number of halogens is 1. The maximum absolute atomic E-state index is 15.1. The number of likely N-dealkylation sites (N-methyl/N-ethyl adjacent to an activating group) is 2. The zero-order chi connectivity index (χ0) is 24.8. The van der Waals surface area contributed by atoms with Gasteiger partial charge in [-0.15, -0.1) is 0 Å². The summed E-state index contributed by atoms with van der Waals surface area (Å²) < 4.78 is 15.1. The topological polar surface area (TPSA) is 37.0 Å². The van der Waals surface area contributed by atoms with Gasteiger partial charge >= 0.3 is 0 Å². The van der Waals surface area contributed by atoms with Crippen LogP contribution in [0, 0.1) is 17.7 Å². The van der Waals surface area contributed by atoms with E-state index in [2.05, 4.69) is 68.6 Å². The molecule has 0 spiro atoms. The molecule has 6 rings (SSSR count). The first-order valence-electron chi connectivity index (χ1n) is 13.8. The lowest BCUT2D eigenvalue weighted by atomic mass is 9.90. The molecule has 194 valence electrons. The highest BCUT2D eigenvalue weighted by atomic mass is 19.1. The number of piperidine rings is 1. The van der Waals surface area contributed by atoms with Gasteiger partial charge in [0.25, 0.3) is 0 Å². The third-order valence-electron chi connectivity index (χ3n) is 9.03. The average Bonchev–Trinajstić information content (AvgIpc) is 3.33. The molecule has 3 unspecified atom stereocenters. The van der Waals surface area contributed by atoms with E-state index in [1.54, 1.807) is 6.07 Å². The third-order valence-corrected chi connectivity index (χ3v) is 9.03. The number of nitrogens with zero attached hydrogens (tertiary/aromatic N) is 4. The van der Waals surface area contributed by atoms with E-state index >= 15 is 4.39 Å². The highest BCUT2D eigenvalue weighted by Crippen LogP contribution is 2.42. The number of aryl methyl sites for hydroxylation is 1. The second-order valence-electron chi connectivity index (χ2n) is 11.2. The fraction of sp³-hybridized carbons (Fsp3) is 0.586. The van der Waals surface area contributed by atoms with Gasteiger partial charge in [-0.05, 0) is 73.2 Å². The van der Waals surface area contributed by atoms with Gasteiger partial charge in [-0.3, -0.25) is 0 Å². The predicted molar refractivity (Wildman–Crippen MR) is 145 cm³/mol. The van der Waals surface area contributed by atoms with E-state index < -0.39 is 0 Å². The second kappa shape index (κ2) is 9.75. The van der Waals surface area contributed by atoms with E-state index in [0.29, 0.717) is 12.3 Å². The Morgan fingerprint density at radius 2 is 1.78 bits per heavy atom. The summed E-state index contributed by atoms with van der Waals surface area (Å²) in [4.78, 5) is 9.81. The molecular weight excluding hydrogens is 451 g/mol. The number of hydrogen-bond acceptors (Lipinski definition) is 6. The number of rotatable bonds is 4. The Labute approximate surface area is 215 Å². The lowest BCUT2D eigenvalue weighted by molar-refractivity contribution is 0.217. The Kier molecular flexibility index (Phi) is 6.46. The third kappa shape index (κ3) is 4.20. The highest BCUT2D eigenvalue weighted by Gasteiger charge is 2.38. The summed E-state index contributed by atoms with van der Waals surface area (Å²) in [6, 6.07) is 4.06. The highest BCUT2D eigenvalue weighted by molar-refractivity contribution is 5.82. The van der Waals surface area contributed by atoms with Crippen molar-refractivity contribution in [3.63, 3.8) is 0 Å². The minimum atomic E-state index is -0.0764. The molecule has 0 saturated carbocycles. The summed E-state index contributed by atoms with van der Waals surface area (Å²) in [6.07, 6.45) is 9.01. The monoisotopic (exact) mass is 492 g/mol. The van der Waals surface area contributed by atoms with Gasteiger partial charge in [0.1, 0.15) is 11.6 Å². The molecule has 3 saturated heterocycles. The van der Waals surface area contributed by atoms with Gasteiger partial charge in [0, 0.05) is 76.9 Å². The van der Waals surface area contributed by atoms with Crippen molar-refractivity contribution < 1.29 is 4.39 Å². The molecule has 1 aromatic carbocycles. The van der Waals surface area contributed by atoms with Gasteiger partial charge in [-0.2, -0.15) is 0 Å². The fourth-order valence-corrected chi connectivity index (χ4v) is 6.92. The lowest BCUT2D eigenvalue weighted by Gasteiger charge is -2.43. The second-order valence-corrected chi connectivity index (χ2v) is 11.2. The number of hydrogen-bond donors (Lipinski definition) is 2. The van der Waals surface area contributed by atoms with Gasteiger partial charge in [-0.25, -0.2) is 4.39 Å². The normalized spacial score (nSPS) is 28.4. The molecule has 6 nitrogen and oxygen atoms in total. The molecule has 5 heterocycles. The van der Waals surface area contributed by atoms with Crippen LogP contribution >= 0.6 is 0 Å². The van der Waals surface area contributed by atoms with E-state index in [-0.39, 0.29) is 11.9 Å². The van der Waals surface area contributed by atoms with E-state index in [1.807, 2.05) is 6.92 Å². The van der Waals surface area contributed by atoms with Crippen LogP contribution in [0.15, 0.2) is 41.8 Å². The molecule has 0 aliphatic carbocycles. The molecule has 5 aliphatic rings. The summed E-state index contributed by atoms with van der Waals surface area (Å²) in [5.74, 6) is 2.66. The van der Waals surface area contributed by atoms with Gasteiger partial charge in [-0.1, -0.05) is 13.0 Å². The minimum absolute atomic E-state index is 0.0764. The number of anilines is 1. The number of nitrogens with one attached hydrogen (secondary N) is 2. The Balaban J connectivity index is 1.37. The van der Waals surface area contributed by atoms with E-state index in [0.717, 1.165) is 81.6 Å². The van der Waals surface area contributed by atoms with Crippen molar-refractivity contribution in [1.29, 1.82) is 0 Å². The van der Waals surface area contributed by atoms with Crippen LogP contribution < -0.4 is 15.5 Å². The molecule has 0 aromatic heterocycles. The molecule has 2 N–H and O–H groups in total. The SMILES string of the molecule is CCc1cc2c(cc1F)C(N1CC3CCNCC3C1)=CC(C1=CC=C(N3CCNCC3)N(C)C1)N2C. The number of benzene rings is 1. The van der Waals surface area contributed by atoms with E-state index in [9.17, 15) is 0 Å². The zero-order valence-corrected chi connectivity index (χ0v) is 22.1. The first-order chi connectivity index (χ1) is 17.5. The van der Waals surface area contributed by atoms with Crippen molar-refractivity contribution in [3.8, 4) is 0 Å². The number of allylic oxidation sites excluding steroid dienone is 2. The molecule has 0 bridgehead atoms. The van der Waals surface area contributed by atoms with Crippen molar-refractivity contribution in [2.45, 2.75) is 25.8 Å². The standard InChI is InChI=1S/C29H41FN6/c1-4-20-13-27-24(14-25(20)30)28(36-18-21-7-8-32-16-23(21)19-36)15-26(34(27)3)22-5-6-29(33(2)17-22)35-11-9-31-10-12-35/h5-6,13-15,21,23,26,31-32H,4,7-12,16-19H2,1-3H3. The number of fused-ring (bicyclic) bond motifs is 2. The van der Waals surface area contributed by atoms with Crippen LogP contribution in [-0.2, 0) is 6.42 Å². The molecule has 5 aliphatic heterocycles. The summed E-state index contributed by atoms with van der Waals surface area (Å²) in [7, 11) is 4.39. The van der Waals surface area contributed by atoms with Gasteiger partial charge < -0.3 is 30.2 Å². The fourth-order valence-electron chi connectivity index (χ4n) is 6.92. The van der Waals surface area contributed by atoms with E-state index in [4.69, 9.17) is 0 Å². The predicted octanol–water partition coefficient (Wildman–Crippen LogP) is 2.71. The van der Waals surface area contributed by atoms with Crippen LogP contribution in [0.1, 0.15) is 24.5 Å². The quantitative estimate of drug-likeness (QED) is 0.673. The molecule has 36 heavy (non-hydrogen) atoms. The summed E-state index contributed by atoms with van der Waals surface area (Å²) in [5, 5.41) is 7.04. The largest absolute Gasteiger partial charge is 0.371 e. The van der Waals surface area contributed by atoms with Crippen LogP contribution in [0.4, 0.5) is 10.1 Å². The van der Waals surface area contributed by atoms with Gasteiger partial charge in [0.05, 0.1) is 6.04 Å². The van der Waals surface area contributed by atoms with Crippen molar-refractivity contribution in [3.05, 3.63) is 58.7 Å². The summed E-state index contributed by atoms with van der Waals surface area (Å²) in [5.41, 5.74) is 5.63. The minimum Gasteiger partial charge on any atom is -0.371 e. The molecule has 1 aromatic rings. The molecule has 0 radical (unpaired) electrons. The van der Waals surface area contributed by atoms with Crippen LogP contribution in [-0.4, -0.2) is 93.7 Å². The summed E-state index contributed by atoms with van der Waals surface area (Å²) >= 11 is 0. The van der Waals surface area contributed by atoms with Crippen LogP contribution in [0.25, 0.3) is 5.70 Å². The van der Waals surface area contributed by atoms with Crippen LogP contribution in [0.5, 0.6) is 0 Å². The molecular formula is C29H41FN6. The maximum Gasteiger partial charge on any atom is 0.127 e. The maximum atomic E-state index is 15.1. The Bertz CT molecular complexity index is 1070. The molecule has 7 heteroatoms. The molecule has 0 amide bonds. The van der Waals surface area contributed by atoms with Crippen molar-refractivity contribution in [2.75, 3.05) is 77.9 Å². The Morgan fingerprint density at radius 3 is 2.53 bits per heavy atom. The molecule has 3 fully saturated rings. The smallest absolute Gasteiger partial charge is 0.127 e. The van der Waals surface area contributed by atoms with Gasteiger partial charge in [0.15, 0.2) is 0 Å². The lowest BCUT2D eigenvalue weighted by Crippen LogP contribution is -2.48. The van der Waals surface area contributed by atoms with E-state index in [1.165, 1.54) is 23.5 Å². The van der Waals surface area contributed by atoms with Gasteiger partial charge in [0.2, 0.25) is 0 Å². The first kappa shape index (κ1) is 23.9.